The second kappa shape index (κ2) is 6.58. The van der Waals surface area contributed by atoms with Crippen molar-refractivity contribution in [2.75, 3.05) is 25.0 Å². The van der Waals surface area contributed by atoms with Crippen LogP contribution in [-0.4, -0.2) is 46.3 Å². The number of carbonyl (C=O) groups is 1. The lowest BCUT2D eigenvalue weighted by atomic mass is 9.92. The van der Waals surface area contributed by atoms with Crippen LogP contribution in [0.4, 0.5) is 5.69 Å². The topological polar surface area (TPSA) is 76.2 Å². The number of hydrogen-bond acceptors (Lipinski definition) is 4. The number of nitrogens with two attached hydrogens (primary N) is 1. The maximum absolute atomic E-state index is 12.2. The van der Waals surface area contributed by atoms with Gasteiger partial charge < -0.3 is 11.1 Å². The van der Waals surface area contributed by atoms with Crippen molar-refractivity contribution in [1.29, 1.82) is 0 Å². The molecule has 2 heterocycles. The molecule has 1 saturated heterocycles. The third kappa shape index (κ3) is 3.83. The highest BCUT2D eigenvalue weighted by Gasteiger charge is 2.24. The summed E-state index contributed by atoms with van der Waals surface area (Å²) >= 11 is 0. The zero-order valence-electron chi connectivity index (χ0n) is 13.5. The Morgan fingerprint density at radius 1 is 1.52 bits per heavy atom. The van der Waals surface area contributed by atoms with Crippen LogP contribution < -0.4 is 11.1 Å². The van der Waals surface area contributed by atoms with E-state index < -0.39 is 0 Å². The Balaban J connectivity index is 1.92. The van der Waals surface area contributed by atoms with Crippen LogP contribution in [0.15, 0.2) is 0 Å². The molecule has 0 aliphatic carbocycles. The van der Waals surface area contributed by atoms with Crippen molar-refractivity contribution in [3.8, 4) is 0 Å². The van der Waals surface area contributed by atoms with Gasteiger partial charge >= 0.3 is 0 Å². The van der Waals surface area contributed by atoms with E-state index in [2.05, 4.69) is 22.2 Å². The molecule has 6 nitrogen and oxygen atoms in total. The van der Waals surface area contributed by atoms with E-state index in [-0.39, 0.29) is 11.9 Å². The third-order valence-corrected chi connectivity index (χ3v) is 4.43. The minimum absolute atomic E-state index is 0.0273. The Morgan fingerprint density at radius 3 is 2.81 bits per heavy atom. The Bertz CT molecular complexity index is 508. The molecule has 21 heavy (non-hydrogen) atoms. The Labute approximate surface area is 126 Å². The van der Waals surface area contributed by atoms with E-state index in [0.717, 1.165) is 43.0 Å². The van der Waals surface area contributed by atoms with Gasteiger partial charge in [-0.25, -0.2) is 0 Å². The van der Waals surface area contributed by atoms with E-state index >= 15 is 0 Å². The van der Waals surface area contributed by atoms with Crippen LogP contribution in [0, 0.1) is 19.8 Å². The SMILES string of the molecule is Cc1nn(C)c(C)c1NC(=O)CN1CCCC(C(C)N)C1. The summed E-state index contributed by atoms with van der Waals surface area (Å²) in [5.74, 6) is 0.521. The molecule has 6 heteroatoms. The van der Waals surface area contributed by atoms with Gasteiger partial charge in [0.1, 0.15) is 0 Å². The number of hydrogen-bond donors (Lipinski definition) is 2. The molecule has 0 bridgehead atoms. The van der Waals surface area contributed by atoms with Crippen LogP contribution in [0.3, 0.4) is 0 Å². The Kier molecular flexibility index (Phi) is 5.00. The number of carbonyl (C=O) groups excluding carboxylic acids is 1. The summed E-state index contributed by atoms with van der Waals surface area (Å²) in [5.41, 5.74) is 8.66. The summed E-state index contributed by atoms with van der Waals surface area (Å²) in [6.45, 7) is 8.24. The maximum atomic E-state index is 12.2. The molecular formula is C15H27N5O. The molecule has 3 N–H and O–H groups in total. The number of nitrogens with one attached hydrogen (secondary N) is 1. The van der Waals surface area contributed by atoms with Crippen LogP contribution in [-0.2, 0) is 11.8 Å². The lowest BCUT2D eigenvalue weighted by molar-refractivity contribution is -0.117. The standard InChI is InChI=1S/C15H27N5O/c1-10(16)13-6-5-7-20(8-13)9-14(21)17-15-11(2)18-19(4)12(15)3/h10,13H,5-9,16H2,1-4H3,(H,17,21). The van der Waals surface area contributed by atoms with Gasteiger partial charge in [0.05, 0.1) is 23.6 Å². The van der Waals surface area contributed by atoms with E-state index in [1.807, 2.05) is 20.9 Å². The van der Waals surface area contributed by atoms with Gasteiger partial charge in [0.15, 0.2) is 0 Å². The zero-order chi connectivity index (χ0) is 15.6. The van der Waals surface area contributed by atoms with Crippen molar-refractivity contribution >= 4 is 11.6 Å². The smallest absolute Gasteiger partial charge is 0.238 e. The lowest BCUT2D eigenvalue weighted by Crippen LogP contribution is -2.45. The van der Waals surface area contributed by atoms with Gasteiger partial charge in [0.25, 0.3) is 0 Å². The lowest BCUT2D eigenvalue weighted by Gasteiger charge is -2.34. The fraction of sp³-hybridized carbons (Fsp3) is 0.733. The van der Waals surface area contributed by atoms with Gasteiger partial charge in [-0.05, 0) is 46.1 Å². The quantitative estimate of drug-likeness (QED) is 0.869. The van der Waals surface area contributed by atoms with E-state index in [4.69, 9.17) is 5.73 Å². The molecular weight excluding hydrogens is 266 g/mol. The highest BCUT2D eigenvalue weighted by molar-refractivity contribution is 5.93. The fourth-order valence-electron chi connectivity index (χ4n) is 3.00. The molecule has 0 saturated carbocycles. The molecule has 1 aromatic heterocycles. The largest absolute Gasteiger partial charge is 0.328 e. The average molecular weight is 293 g/mol. The van der Waals surface area contributed by atoms with Crippen LogP contribution in [0.1, 0.15) is 31.2 Å². The number of anilines is 1. The third-order valence-electron chi connectivity index (χ3n) is 4.43. The molecule has 0 spiro atoms. The first kappa shape index (κ1) is 16.0. The van der Waals surface area contributed by atoms with Gasteiger partial charge in [-0.1, -0.05) is 0 Å². The van der Waals surface area contributed by atoms with Gasteiger partial charge in [-0.15, -0.1) is 0 Å². The number of aryl methyl sites for hydroxylation is 2. The fourth-order valence-corrected chi connectivity index (χ4v) is 3.00. The first-order chi connectivity index (χ1) is 9.88. The highest BCUT2D eigenvalue weighted by atomic mass is 16.2. The number of amides is 1. The molecule has 0 aromatic carbocycles. The monoisotopic (exact) mass is 293 g/mol. The maximum Gasteiger partial charge on any atom is 0.238 e. The summed E-state index contributed by atoms with van der Waals surface area (Å²) in [6, 6.07) is 0.193. The first-order valence-corrected chi connectivity index (χ1v) is 7.66. The zero-order valence-corrected chi connectivity index (χ0v) is 13.5. The molecule has 2 atom stereocenters. The van der Waals surface area contributed by atoms with Crippen molar-refractivity contribution in [3.05, 3.63) is 11.4 Å². The highest BCUT2D eigenvalue weighted by Crippen LogP contribution is 2.20. The predicted octanol–water partition coefficient (Wildman–Crippen LogP) is 1.03. The number of nitrogens with zero attached hydrogens (tertiary/aromatic N) is 3. The molecule has 1 amide bonds. The normalized spacial score (nSPS) is 21.3. The minimum Gasteiger partial charge on any atom is -0.328 e. The molecule has 1 aromatic rings. The summed E-state index contributed by atoms with van der Waals surface area (Å²) in [5, 5.41) is 7.31. The second-order valence-electron chi connectivity index (χ2n) is 6.21. The van der Waals surface area contributed by atoms with Crippen LogP contribution in [0.25, 0.3) is 0 Å². The molecule has 2 unspecified atom stereocenters. The number of aromatic nitrogens is 2. The van der Waals surface area contributed by atoms with Crippen molar-refractivity contribution in [3.63, 3.8) is 0 Å². The van der Waals surface area contributed by atoms with Crippen LogP contribution in [0.5, 0.6) is 0 Å². The molecule has 1 aliphatic rings. The number of piperidine rings is 1. The predicted molar refractivity (Wildman–Crippen MR) is 84.1 cm³/mol. The summed E-state index contributed by atoms with van der Waals surface area (Å²) in [7, 11) is 1.88. The van der Waals surface area contributed by atoms with Crippen LogP contribution >= 0.6 is 0 Å². The van der Waals surface area contributed by atoms with Gasteiger partial charge in [0.2, 0.25) is 5.91 Å². The summed E-state index contributed by atoms with van der Waals surface area (Å²) in [4.78, 5) is 14.5. The molecule has 2 rings (SSSR count). The van der Waals surface area contributed by atoms with Gasteiger partial charge in [0, 0.05) is 19.6 Å². The van der Waals surface area contributed by atoms with E-state index in [9.17, 15) is 4.79 Å². The van der Waals surface area contributed by atoms with Crippen LogP contribution in [0.2, 0.25) is 0 Å². The average Bonchev–Trinajstić information content (AvgIpc) is 2.65. The van der Waals surface area contributed by atoms with Gasteiger partial charge in [-0.2, -0.15) is 5.10 Å². The molecule has 118 valence electrons. The molecule has 1 aliphatic heterocycles. The van der Waals surface area contributed by atoms with E-state index in [0.29, 0.717) is 12.5 Å². The van der Waals surface area contributed by atoms with E-state index in [1.54, 1.807) is 4.68 Å². The Hall–Kier alpha value is -1.40. The van der Waals surface area contributed by atoms with Crippen molar-refractivity contribution in [2.45, 2.75) is 39.7 Å². The van der Waals surface area contributed by atoms with E-state index in [1.165, 1.54) is 0 Å². The number of rotatable bonds is 4. The second-order valence-corrected chi connectivity index (χ2v) is 6.21. The van der Waals surface area contributed by atoms with Gasteiger partial charge in [-0.3, -0.25) is 14.4 Å². The Morgan fingerprint density at radius 2 is 2.24 bits per heavy atom. The molecule has 1 fully saturated rings. The van der Waals surface area contributed by atoms with Crippen molar-refractivity contribution < 1.29 is 4.79 Å². The summed E-state index contributed by atoms with van der Waals surface area (Å²) in [6.07, 6.45) is 2.28. The number of likely N-dealkylation sites (tertiary alicyclic amines) is 1. The summed E-state index contributed by atoms with van der Waals surface area (Å²) < 4.78 is 1.79. The first-order valence-electron chi connectivity index (χ1n) is 7.66. The molecule has 0 radical (unpaired) electrons. The van der Waals surface area contributed by atoms with Crippen molar-refractivity contribution in [1.82, 2.24) is 14.7 Å². The van der Waals surface area contributed by atoms with Crippen molar-refractivity contribution in [2.24, 2.45) is 18.7 Å². The minimum atomic E-state index is 0.0273.